The lowest BCUT2D eigenvalue weighted by atomic mass is 10.2. The van der Waals surface area contributed by atoms with Crippen LogP contribution in [-0.2, 0) is 0 Å². The Balaban J connectivity index is 3.18. The van der Waals surface area contributed by atoms with Crippen LogP contribution in [0.4, 0.5) is 0 Å². The Kier molecular flexibility index (Phi) is 7.66. The molecule has 0 aromatic rings. The van der Waals surface area contributed by atoms with Gasteiger partial charge in [-0.15, -0.1) is 0 Å². The third-order valence-corrected chi connectivity index (χ3v) is 1.85. The summed E-state index contributed by atoms with van der Waals surface area (Å²) in [5, 5.41) is 11.7. The first-order valence-electron chi connectivity index (χ1n) is 4.92. The molecule has 0 aliphatic heterocycles. The second kappa shape index (κ2) is 8.03. The normalized spacial score (nSPS) is 12.8. The van der Waals surface area contributed by atoms with E-state index >= 15 is 0 Å². The third kappa shape index (κ3) is 9.32. The summed E-state index contributed by atoms with van der Waals surface area (Å²) in [6.45, 7) is 4.28. The van der Waals surface area contributed by atoms with Crippen LogP contribution in [0.5, 0.6) is 0 Å². The Bertz CT molecular complexity index is 149. The van der Waals surface area contributed by atoms with Crippen LogP contribution in [0.3, 0.4) is 0 Å². The topological polar surface area (TPSA) is 39.1 Å². The van der Waals surface area contributed by atoms with Crippen LogP contribution >= 0.6 is 0 Å². The summed E-state index contributed by atoms with van der Waals surface area (Å²) in [5.41, 5.74) is 0. The number of nitrogens with zero attached hydrogens (tertiary/aromatic N) is 2. The van der Waals surface area contributed by atoms with Gasteiger partial charge in [-0.2, -0.15) is 5.26 Å². The molecular weight excluding hydrogens is 162 g/mol. The molecule has 0 saturated heterocycles. The van der Waals surface area contributed by atoms with Crippen LogP contribution in [-0.4, -0.2) is 38.1 Å². The summed E-state index contributed by atoms with van der Waals surface area (Å²) in [4.78, 5) is 2.17. The smallest absolute Gasteiger partial charge is 0.0621 e. The van der Waals surface area contributed by atoms with E-state index in [1.807, 2.05) is 0 Å². The van der Waals surface area contributed by atoms with Gasteiger partial charge in [-0.3, -0.25) is 0 Å². The van der Waals surface area contributed by atoms with Gasteiger partial charge in [0.2, 0.25) is 0 Å². The van der Waals surface area contributed by atoms with Gasteiger partial charge in [-0.1, -0.05) is 0 Å². The Morgan fingerprint density at radius 3 is 2.62 bits per heavy atom. The van der Waals surface area contributed by atoms with Gasteiger partial charge in [0.15, 0.2) is 0 Å². The third-order valence-electron chi connectivity index (χ3n) is 1.85. The van der Waals surface area contributed by atoms with Crippen LogP contribution in [0.15, 0.2) is 0 Å². The van der Waals surface area contributed by atoms with Crippen LogP contribution in [0.2, 0.25) is 0 Å². The molecule has 0 radical (unpaired) electrons. The van der Waals surface area contributed by atoms with E-state index in [4.69, 9.17) is 5.26 Å². The zero-order valence-electron chi connectivity index (χ0n) is 9.01. The number of rotatable bonds is 7. The number of hydrogen-bond donors (Lipinski definition) is 1. The zero-order valence-corrected chi connectivity index (χ0v) is 9.01. The van der Waals surface area contributed by atoms with Gasteiger partial charge >= 0.3 is 0 Å². The number of hydrogen-bond acceptors (Lipinski definition) is 3. The molecule has 0 spiro atoms. The summed E-state index contributed by atoms with van der Waals surface area (Å²) >= 11 is 0. The van der Waals surface area contributed by atoms with E-state index in [9.17, 15) is 0 Å². The average Bonchev–Trinajstić information content (AvgIpc) is 2.02. The van der Waals surface area contributed by atoms with Crippen molar-refractivity contribution in [3.05, 3.63) is 0 Å². The molecule has 0 fully saturated rings. The van der Waals surface area contributed by atoms with E-state index in [1.54, 1.807) is 0 Å². The number of nitrogens with one attached hydrogen (secondary N) is 1. The fourth-order valence-electron chi connectivity index (χ4n) is 1.29. The molecule has 0 aliphatic carbocycles. The molecule has 0 aliphatic rings. The minimum atomic E-state index is 0.539. The van der Waals surface area contributed by atoms with Crippen LogP contribution < -0.4 is 5.32 Å². The molecule has 0 aromatic carbocycles. The highest BCUT2D eigenvalue weighted by atomic mass is 15.1. The molecular formula is C10H21N3. The molecule has 76 valence electrons. The molecule has 0 saturated carbocycles. The SMILES string of the molecule is CC(CN(C)C)NCCCCC#N. The maximum absolute atomic E-state index is 8.32. The van der Waals surface area contributed by atoms with Crippen molar-refractivity contribution in [2.75, 3.05) is 27.2 Å². The van der Waals surface area contributed by atoms with Crippen molar-refractivity contribution in [1.29, 1.82) is 5.26 Å². The van der Waals surface area contributed by atoms with Crippen molar-refractivity contribution < 1.29 is 0 Å². The highest BCUT2D eigenvalue weighted by Gasteiger charge is 2.00. The largest absolute Gasteiger partial charge is 0.313 e. The fourth-order valence-corrected chi connectivity index (χ4v) is 1.29. The number of likely N-dealkylation sites (N-methyl/N-ethyl adjacent to an activating group) is 1. The standard InChI is InChI=1S/C10H21N3/c1-10(9-13(2)3)12-8-6-4-5-7-11/h10,12H,4-6,8-9H2,1-3H3. The molecule has 1 unspecified atom stereocenters. The van der Waals surface area contributed by atoms with Gasteiger partial charge in [0.25, 0.3) is 0 Å². The summed E-state index contributed by atoms with van der Waals surface area (Å²) in [7, 11) is 4.15. The molecule has 3 heteroatoms. The summed E-state index contributed by atoms with van der Waals surface area (Å²) in [6, 6.07) is 2.69. The molecule has 3 nitrogen and oxygen atoms in total. The number of nitriles is 1. The van der Waals surface area contributed by atoms with Crippen molar-refractivity contribution in [3.8, 4) is 6.07 Å². The molecule has 0 aromatic heterocycles. The quantitative estimate of drug-likeness (QED) is 0.603. The van der Waals surface area contributed by atoms with E-state index in [0.29, 0.717) is 12.5 Å². The zero-order chi connectivity index (χ0) is 10.1. The Hall–Kier alpha value is -0.590. The van der Waals surface area contributed by atoms with E-state index in [0.717, 1.165) is 25.9 Å². The van der Waals surface area contributed by atoms with Gasteiger partial charge in [-0.25, -0.2) is 0 Å². The van der Waals surface area contributed by atoms with Crippen LogP contribution in [0.25, 0.3) is 0 Å². The summed E-state index contributed by atoms with van der Waals surface area (Å²) in [6.07, 6.45) is 2.80. The first-order valence-corrected chi connectivity index (χ1v) is 4.92. The predicted octanol–water partition coefficient (Wildman–Crippen LogP) is 1.22. The van der Waals surface area contributed by atoms with Crippen molar-refractivity contribution in [2.24, 2.45) is 0 Å². The Labute approximate surface area is 81.7 Å². The van der Waals surface area contributed by atoms with E-state index in [-0.39, 0.29) is 0 Å². The molecule has 1 atom stereocenters. The molecule has 0 amide bonds. The molecule has 0 heterocycles. The molecule has 13 heavy (non-hydrogen) atoms. The van der Waals surface area contributed by atoms with Crippen molar-refractivity contribution in [3.63, 3.8) is 0 Å². The monoisotopic (exact) mass is 183 g/mol. The van der Waals surface area contributed by atoms with E-state index < -0.39 is 0 Å². The highest BCUT2D eigenvalue weighted by Crippen LogP contribution is 1.92. The average molecular weight is 183 g/mol. The van der Waals surface area contributed by atoms with Crippen LogP contribution in [0.1, 0.15) is 26.2 Å². The molecule has 1 N–H and O–H groups in total. The Morgan fingerprint density at radius 2 is 2.08 bits per heavy atom. The Morgan fingerprint density at radius 1 is 1.38 bits per heavy atom. The summed E-state index contributed by atoms with van der Waals surface area (Å²) in [5.74, 6) is 0. The summed E-state index contributed by atoms with van der Waals surface area (Å²) < 4.78 is 0. The van der Waals surface area contributed by atoms with Gasteiger partial charge < -0.3 is 10.2 Å². The van der Waals surface area contributed by atoms with E-state index in [2.05, 4.69) is 37.3 Å². The predicted molar refractivity (Wildman–Crippen MR) is 55.5 cm³/mol. The molecule has 0 rings (SSSR count). The minimum Gasteiger partial charge on any atom is -0.313 e. The number of unbranched alkanes of at least 4 members (excludes halogenated alkanes) is 2. The first kappa shape index (κ1) is 12.4. The first-order chi connectivity index (χ1) is 6.16. The maximum atomic E-state index is 8.32. The second-order valence-corrected chi connectivity index (χ2v) is 3.73. The fraction of sp³-hybridized carbons (Fsp3) is 0.900. The lowest BCUT2D eigenvalue weighted by molar-refractivity contribution is 0.349. The lowest BCUT2D eigenvalue weighted by Gasteiger charge is -2.17. The minimum absolute atomic E-state index is 0.539. The van der Waals surface area contributed by atoms with Crippen molar-refractivity contribution >= 4 is 0 Å². The van der Waals surface area contributed by atoms with Gasteiger partial charge in [0, 0.05) is 19.0 Å². The van der Waals surface area contributed by atoms with Gasteiger partial charge in [-0.05, 0) is 40.4 Å². The van der Waals surface area contributed by atoms with E-state index in [1.165, 1.54) is 0 Å². The van der Waals surface area contributed by atoms with Crippen molar-refractivity contribution in [2.45, 2.75) is 32.2 Å². The second-order valence-electron chi connectivity index (χ2n) is 3.73. The van der Waals surface area contributed by atoms with Crippen LogP contribution in [0, 0.1) is 11.3 Å². The molecule has 0 bridgehead atoms. The van der Waals surface area contributed by atoms with Gasteiger partial charge in [0.1, 0.15) is 0 Å². The lowest BCUT2D eigenvalue weighted by Crippen LogP contribution is -2.36. The highest BCUT2D eigenvalue weighted by molar-refractivity contribution is 4.69. The van der Waals surface area contributed by atoms with Crippen molar-refractivity contribution in [1.82, 2.24) is 10.2 Å². The maximum Gasteiger partial charge on any atom is 0.0621 e. The van der Waals surface area contributed by atoms with Gasteiger partial charge in [0.05, 0.1) is 6.07 Å².